The zero-order valence-corrected chi connectivity index (χ0v) is 12.7. The third-order valence-electron chi connectivity index (χ3n) is 4.08. The maximum atomic E-state index is 12.0. The number of carbonyl (C=O) groups excluding carboxylic acids is 1. The van der Waals surface area contributed by atoms with Crippen LogP contribution in [0.15, 0.2) is 42.5 Å². The van der Waals surface area contributed by atoms with Crippen LogP contribution >= 0.6 is 0 Å². The van der Waals surface area contributed by atoms with E-state index in [9.17, 15) is 4.79 Å². The molecule has 1 heterocycles. The molecule has 2 aromatic rings. The van der Waals surface area contributed by atoms with Gasteiger partial charge in [-0.3, -0.25) is 4.79 Å². The Morgan fingerprint density at radius 3 is 2.95 bits per heavy atom. The smallest absolute Gasteiger partial charge is 0.224 e. The Morgan fingerprint density at radius 2 is 2.09 bits per heavy atom. The largest absolute Gasteiger partial charge is 0.491 e. The van der Waals surface area contributed by atoms with Gasteiger partial charge in [-0.05, 0) is 30.8 Å². The number of amides is 1. The van der Waals surface area contributed by atoms with Crippen LogP contribution in [-0.4, -0.2) is 32.1 Å². The van der Waals surface area contributed by atoms with Crippen LogP contribution in [0.25, 0.3) is 10.8 Å². The number of ether oxygens (including phenoxy) is 1. The molecule has 1 atom stereocenters. The standard InChI is InChI=1S/C18H22N2O2/c21-18(15-7-4-10-19-13-15)20-11-12-22-17-9-3-6-14-5-1-2-8-16(14)17/h1-3,5-6,8-9,15,19H,4,7,10-13H2,(H,20,21). The molecule has 0 aliphatic carbocycles. The molecule has 0 saturated carbocycles. The van der Waals surface area contributed by atoms with Gasteiger partial charge in [-0.25, -0.2) is 0 Å². The molecular weight excluding hydrogens is 276 g/mol. The number of fused-ring (bicyclic) bond motifs is 1. The SMILES string of the molecule is O=C(NCCOc1cccc2ccccc12)C1CCCNC1. The van der Waals surface area contributed by atoms with Crippen LogP contribution in [-0.2, 0) is 4.79 Å². The van der Waals surface area contributed by atoms with Crippen molar-refractivity contribution >= 4 is 16.7 Å². The Balaban J connectivity index is 1.49. The van der Waals surface area contributed by atoms with E-state index in [1.165, 1.54) is 0 Å². The number of carbonyl (C=O) groups is 1. The van der Waals surface area contributed by atoms with Crippen LogP contribution < -0.4 is 15.4 Å². The summed E-state index contributed by atoms with van der Waals surface area (Å²) in [6.07, 6.45) is 2.05. The van der Waals surface area contributed by atoms with Crippen molar-refractivity contribution in [3.8, 4) is 5.75 Å². The van der Waals surface area contributed by atoms with E-state index in [1.54, 1.807) is 0 Å². The number of hydrogen-bond acceptors (Lipinski definition) is 3. The Labute approximate surface area is 130 Å². The van der Waals surface area contributed by atoms with Gasteiger partial charge in [-0.2, -0.15) is 0 Å². The van der Waals surface area contributed by atoms with E-state index < -0.39 is 0 Å². The first-order valence-electron chi connectivity index (χ1n) is 7.93. The van der Waals surface area contributed by atoms with E-state index in [4.69, 9.17) is 4.74 Å². The van der Waals surface area contributed by atoms with E-state index in [2.05, 4.69) is 28.8 Å². The number of nitrogens with one attached hydrogen (secondary N) is 2. The summed E-state index contributed by atoms with van der Waals surface area (Å²) in [4.78, 5) is 12.0. The van der Waals surface area contributed by atoms with Crippen molar-refractivity contribution in [1.82, 2.24) is 10.6 Å². The van der Waals surface area contributed by atoms with Gasteiger partial charge in [0.25, 0.3) is 0 Å². The summed E-state index contributed by atoms with van der Waals surface area (Å²) in [5, 5.41) is 8.50. The average molecular weight is 298 g/mol. The second-order valence-corrected chi connectivity index (χ2v) is 5.66. The summed E-state index contributed by atoms with van der Waals surface area (Å²) >= 11 is 0. The Hall–Kier alpha value is -2.07. The predicted octanol–water partition coefficient (Wildman–Crippen LogP) is 2.33. The minimum absolute atomic E-state index is 0.103. The highest BCUT2D eigenvalue weighted by Crippen LogP contribution is 2.24. The van der Waals surface area contributed by atoms with Crippen LogP contribution in [0.2, 0.25) is 0 Å². The summed E-state index contributed by atoms with van der Waals surface area (Å²) in [5.74, 6) is 1.10. The van der Waals surface area contributed by atoms with Crippen LogP contribution in [0.3, 0.4) is 0 Å². The number of piperidine rings is 1. The van der Waals surface area contributed by atoms with Gasteiger partial charge in [0.15, 0.2) is 0 Å². The molecule has 1 unspecified atom stereocenters. The fraction of sp³-hybridized carbons (Fsp3) is 0.389. The number of benzene rings is 2. The molecule has 116 valence electrons. The van der Waals surface area contributed by atoms with Gasteiger partial charge in [0.2, 0.25) is 5.91 Å². The number of rotatable bonds is 5. The normalized spacial score (nSPS) is 18.1. The maximum Gasteiger partial charge on any atom is 0.224 e. The Morgan fingerprint density at radius 1 is 1.23 bits per heavy atom. The molecule has 0 radical (unpaired) electrons. The average Bonchev–Trinajstić information content (AvgIpc) is 2.59. The van der Waals surface area contributed by atoms with Crippen LogP contribution in [0.5, 0.6) is 5.75 Å². The summed E-state index contributed by atoms with van der Waals surface area (Å²) in [6.45, 7) is 2.84. The molecule has 1 fully saturated rings. The summed E-state index contributed by atoms with van der Waals surface area (Å²) in [6, 6.07) is 14.2. The van der Waals surface area contributed by atoms with E-state index in [-0.39, 0.29) is 11.8 Å². The second kappa shape index (κ2) is 7.27. The fourth-order valence-corrected chi connectivity index (χ4v) is 2.88. The van der Waals surface area contributed by atoms with Crippen LogP contribution in [0.4, 0.5) is 0 Å². The van der Waals surface area contributed by atoms with Gasteiger partial charge in [0.05, 0.1) is 12.5 Å². The van der Waals surface area contributed by atoms with E-state index >= 15 is 0 Å². The van der Waals surface area contributed by atoms with E-state index in [1.807, 2.05) is 24.3 Å². The first kappa shape index (κ1) is 14.9. The second-order valence-electron chi connectivity index (χ2n) is 5.66. The maximum absolute atomic E-state index is 12.0. The third kappa shape index (κ3) is 3.57. The van der Waals surface area contributed by atoms with Gasteiger partial charge in [0.1, 0.15) is 12.4 Å². The zero-order chi connectivity index (χ0) is 15.2. The topological polar surface area (TPSA) is 50.4 Å². The summed E-state index contributed by atoms with van der Waals surface area (Å²) in [5.41, 5.74) is 0. The lowest BCUT2D eigenvalue weighted by Crippen LogP contribution is -2.41. The lowest BCUT2D eigenvalue weighted by atomic mass is 9.99. The highest BCUT2D eigenvalue weighted by molar-refractivity contribution is 5.88. The fourth-order valence-electron chi connectivity index (χ4n) is 2.88. The molecule has 3 rings (SSSR count). The minimum atomic E-state index is 0.103. The third-order valence-corrected chi connectivity index (χ3v) is 4.08. The van der Waals surface area contributed by atoms with Crippen molar-refractivity contribution in [1.29, 1.82) is 0 Å². The van der Waals surface area contributed by atoms with Crippen molar-refractivity contribution < 1.29 is 9.53 Å². The van der Waals surface area contributed by atoms with Crippen molar-refractivity contribution in [2.75, 3.05) is 26.2 Å². The molecule has 2 N–H and O–H groups in total. The number of hydrogen-bond donors (Lipinski definition) is 2. The van der Waals surface area contributed by atoms with Crippen molar-refractivity contribution in [3.63, 3.8) is 0 Å². The first-order chi connectivity index (χ1) is 10.8. The van der Waals surface area contributed by atoms with E-state index in [0.717, 1.165) is 42.5 Å². The van der Waals surface area contributed by atoms with E-state index in [0.29, 0.717) is 13.2 Å². The molecule has 0 aromatic heterocycles. The molecule has 1 aliphatic rings. The van der Waals surface area contributed by atoms with Gasteiger partial charge in [-0.15, -0.1) is 0 Å². The monoisotopic (exact) mass is 298 g/mol. The molecule has 1 saturated heterocycles. The molecule has 0 spiro atoms. The highest BCUT2D eigenvalue weighted by Gasteiger charge is 2.20. The predicted molar refractivity (Wildman–Crippen MR) is 88.0 cm³/mol. The van der Waals surface area contributed by atoms with Crippen molar-refractivity contribution in [2.24, 2.45) is 5.92 Å². The zero-order valence-electron chi connectivity index (χ0n) is 12.7. The first-order valence-corrected chi connectivity index (χ1v) is 7.93. The lowest BCUT2D eigenvalue weighted by molar-refractivity contribution is -0.125. The molecule has 4 heteroatoms. The van der Waals surface area contributed by atoms with Crippen LogP contribution in [0, 0.1) is 5.92 Å². The lowest BCUT2D eigenvalue weighted by Gasteiger charge is -2.21. The molecule has 0 bridgehead atoms. The molecule has 1 aliphatic heterocycles. The molecule has 4 nitrogen and oxygen atoms in total. The van der Waals surface area contributed by atoms with Crippen molar-refractivity contribution in [2.45, 2.75) is 12.8 Å². The summed E-state index contributed by atoms with van der Waals surface area (Å²) < 4.78 is 5.83. The van der Waals surface area contributed by atoms with Gasteiger partial charge in [0, 0.05) is 11.9 Å². The van der Waals surface area contributed by atoms with Gasteiger partial charge in [-0.1, -0.05) is 36.4 Å². The summed E-state index contributed by atoms with van der Waals surface area (Å²) in [7, 11) is 0. The molecular formula is C18H22N2O2. The van der Waals surface area contributed by atoms with Gasteiger partial charge >= 0.3 is 0 Å². The van der Waals surface area contributed by atoms with Crippen LogP contribution in [0.1, 0.15) is 12.8 Å². The van der Waals surface area contributed by atoms with Crippen molar-refractivity contribution in [3.05, 3.63) is 42.5 Å². The van der Waals surface area contributed by atoms with Gasteiger partial charge < -0.3 is 15.4 Å². The Kier molecular flexibility index (Phi) is 4.91. The molecule has 2 aromatic carbocycles. The molecule has 1 amide bonds. The highest BCUT2D eigenvalue weighted by atomic mass is 16.5. The minimum Gasteiger partial charge on any atom is -0.491 e. The Bertz CT molecular complexity index is 631. The quantitative estimate of drug-likeness (QED) is 0.833. The molecule has 22 heavy (non-hydrogen) atoms.